The summed E-state index contributed by atoms with van der Waals surface area (Å²) in [7, 11) is 0. The van der Waals surface area contributed by atoms with Crippen molar-refractivity contribution in [3.05, 3.63) is 59.7 Å². The number of carbonyl (C=O) groups is 3. The van der Waals surface area contributed by atoms with Crippen molar-refractivity contribution in [2.24, 2.45) is 0 Å². The minimum absolute atomic E-state index is 0.0738. The van der Waals surface area contributed by atoms with E-state index in [0.717, 1.165) is 0 Å². The van der Waals surface area contributed by atoms with Crippen molar-refractivity contribution in [2.45, 2.75) is 0 Å². The molecule has 8 heteroatoms. The predicted octanol–water partition coefficient (Wildman–Crippen LogP) is 1.55. The molecule has 1 aliphatic heterocycles. The zero-order valence-electron chi connectivity index (χ0n) is 14.3. The Bertz CT molecular complexity index is 835. The zero-order chi connectivity index (χ0) is 19.1. The van der Waals surface area contributed by atoms with E-state index in [0.29, 0.717) is 22.6 Å². The number of hydrogen-bond donors (Lipinski definition) is 1. The molecule has 2 aromatic carbocycles. The Morgan fingerprint density at radius 2 is 1.63 bits per heavy atom. The van der Waals surface area contributed by atoms with Gasteiger partial charge in [-0.3, -0.25) is 9.59 Å². The lowest BCUT2D eigenvalue weighted by atomic mass is 10.2. The highest BCUT2D eigenvalue weighted by Gasteiger charge is 2.16. The number of carbonyl (C=O) groups excluding carboxylic acids is 3. The van der Waals surface area contributed by atoms with Crippen molar-refractivity contribution >= 4 is 17.8 Å². The Morgan fingerprint density at radius 1 is 0.889 bits per heavy atom. The molecule has 0 bridgehead atoms. The van der Waals surface area contributed by atoms with Gasteiger partial charge >= 0.3 is 11.9 Å². The summed E-state index contributed by atoms with van der Waals surface area (Å²) >= 11 is 0. The lowest BCUT2D eigenvalue weighted by Gasteiger charge is -2.08. The zero-order valence-corrected chi connectivity index (χ0v) is 14.3. The SMILES string of the molecule is O=C(CNC(=O)c1ccc2c(c1)OCO2)OCCOC(=O)c1ccccc1. The third-order valence-electron chi connectivity index (χ3n) is 3.62. The second-order valence-corrected chi connectivity index (χ2v) is 5.47. The Labute approximate surface area is 155 Å². The van der Waals surface area contributed by atoms with E-state index in [1.807, 2.05) is 0 Å². The number of nitrogens with one attached hydrogen (secondary N) is 1. The van der Waals surface area contributed by atoms with Gasteiger partial charge in [0.1, 0.15) is 19.8 Å². The summed E-state index contributed by atoms with van der Waals surface area (Å²) in [5, 5.41) is 2.45. The van der Waals surface area contributed by atoms with Gasteiger partial charge in [-0.2, -0.15) is 0 Å². The molecule has 1 heterocycles. The first-order chi connectivity index (χ1) is 13.1. The van der Waals surface area contributed by atoms with Crippen LogP contribution in [0.2, 0.25) is 0 Å². The second-order valence-electron chi connectivity index (χ2n) is 5.47. The third kappa shape index (κ3) is 4.97. The van der Waals surface area contributed by atoms with Crippen LogP contribution in [0.4, 0.5) is 0 Å². The quantitative estimate of drug-likeness (QED) is 0.582. The number of hydrogen-bond acceptors (Lipinski definition) is 7. The molecule has 0 unspecified atom stereocenters. The average Bonchev–Trinajstić information content (AvgIpc) is 3.17. The van der Waals surface area contributed by atoms with Crippen molar-refractivity contribution in [3.8, 4) is 11.5 Å². The topological polar surface area (TPSA) is 100 Å². The van der Waals surface area contributed by atoms with Crippen LogP contribution in [0.3, 0.4) is 0 Å². The van der Waals surface area contributed by atoms with Crippen LogP contribution in [0.5, 0.6) is 11.5 Å². The molecule has 27 heavy (non-hydrogen) atoms. The molecular weight excluding hydrogens is 354 g/mol. The molecule has 0 fully saturated rings. The van der Waals surface area contributed by atoms with E-state index in [4.69, 9.17) is 18.9 Å². The number of amides is 1. The standard InChI is InChI=1S/C19H17NO7/c21-17(24-8-9-25-19(23)13-4-2-1-3-5-13)11-20-18(22)14-6-7-15-16(10-14)27-12-26-15/h1-7,10H,8-9,11-12H2,(H,20,22). The molecule has 140 valence electrons. The molecular formula is C19H17NO7. The van der Waals surface area contributed by atoms with Crippen LogP contribution in [0, 0.1) is 0 Å². The van der Waals surface area contributed by atoms with Crippen LogP contribution in [-0.2, 0) is 14.3 Å². The summed E-state index contributed by atoms with van der Waals surface area (Å²) in [5.41, 5.74) is 0.753. The molecule has 0 saturated carbocycles. The molecule has 3 rings (SSSR count). The molecule has 1 amide bonds. The lowest BCUT2D eigenvalue weighted by Crippen LogP contribution is -2.31. The van der Waals surface area contributed by atoms with E-state index in [-0.39, 0.29) is 26.6 Å². The van der Waals surface area contributed by atoms with Crippen LogP contribution in [0.15, 0.2) is 48.5 Å². The summed E-state index contributed by atoms with van der Waals surface area (Å²) in [5.74, 6) is -0.537. The molecule has 2 aromatic rings. The van der Waals surface area contributed by atoms with E-state index in [2.05, 4.69) is 5.32 Å². The van der Waals surface area contributed by atoms with Crippen LogP contribution >= 0.6 is 0 Å². The number of ether oxygens (including phenoxy) is 4. The van der Waals surface area contributed by atoms with E-state index >= 15 is 0 Å². The van der Waals surface area contributed by atoms with Gasteiger partial charge in [0.05, 0.1) is 5.56 Å². The fourth-order valence-electron chi connectivity index (χ4n) is 2.29. The second kappa shape index (κ2) is 8.70. The van der Waals surface area contributed by atoms with Gasteiger partial charge in [0.15, 0.2) is 11.5 Å². The van der Waals surface area contributed by atoms with Crippen LogP contribution in [0.25, 0.3) is 0 Å². The van der Waals surface area contributed by atoms with Gasteiger partial charge < -0.3 is 24.3 Å². The Kier molecular flexibility index (Phi) is 5.88. The molecule has 0 atom stereocenters. The average molecular weight is 371 g/mol. The van der Waals surface area contributed by atoms with Crippen molar-refractivity contribution in [1.29, 1.82) is 0 Å². The van der Waals surface area contributed by atoms with Crippen LogP contribution < -0.4 is 14.8 Å². The highest BCUT2D eigenvalue weighted by Crippen LogP contribution is 2.32. The highest BCUT2D eigenvalue weighted by atomic mass is 16.7. The highest BCUT2D eigenvalue weighted by molar-refractivity contribution is 5.96. The first kappa shape index (κ1) is 18.2. The molecule has 1 N–H and O–H groups in total. The largest absolute Gasteiger partial charge is 0.461 e. The van der Waals surface area contributed by atoms with E-state index in [1.54, 1.807) is 42.5 Å². The minimum atomic E-state index is -0.639. The van der Waals surface area contributed by atoms with Gasteiger partial charge in [0.2, 0.25) is 6.79 Å². The molecule has 8 nitrogen and oxygen atoms in total. The normalized spacial score (nSPS) is 11.6. The number of benzene rings is 2. The van der Waals surface area contributed by atoms with E-state index in [9.17, 15) is 14.4 Å². The third-order valence-corrected chi connectivity index (χ3v) is 3.62. The molecule has 0 aromatic heterocycles. The van der Waals surface area contributed by atoms with Gasteiger partial charge in [0, 0.05) is 5.56 Å². The first-order valence-corrected chi connectivity index (χ1v) is 8.19. The number of fused-ring (bicyclic) bond motifs is 1. The van der Waals surface area contributed by atoms with Gasteiger partial charge in [0.25, 0.3) is 5.91 Å². The maximum atomic E-state index is 12.0. The van der Waals surface area contributed by atoms with E-state index in [1.165, 1.54) is 6.07 Å². The number of rotatable bonds is 7. The predicted molar refractivity (Wildman–Crippen MR) is 92.6 cm³/mol. The summed E-state index contributed by atoms with van der Waals surface area (Å²) in [4.78, 5) is 35.4. The fraction of sp³-hybridized carbons (Fsp3) is 0.211. The number of esters is 2. The summed E-state index contributed by atoms with van der Waals surface area (Å²) in [6, 6.07) is 13.2. The summed E-state index contributed by atoms with van der Waals surface area (Å²) in [6.45, 7) is -0.367. The monoisotopic (exact) mass is 371 g/mol. The van der Waals surface area contributed by atoms with Crippen molar-refractivity contribution < 1.29 is 33.3 Å². The molecule has 0 spiro atoms. The Morgan fingerprint density at radius 3 is 2.44 bits per heavy atom. The maximum Gasteiger partial charge on any atom is 0.338 e. The van der Waals surface area contributed by atoms with Gasteiger partial charge in [-0.1, -0.05) is 18.2 Å². The fourth-order valence-corrected chi connectivity index (χ4v) is 2.29. The first-order valence-electron chi connectivity index (χ1n) is 8.19. The minimum Gasteiger partial charge on any atom is -0.461 e. The smallest absolute Gasteiger partial charge is 0.338 e. The van der Waals surface area contributed by atoms with Crippen LogP contribution in [-0.4, -0.2) is 44.4 Å². The summed E-state index contributed by atoms with van der Waals surface area (Å²) in [6.07, 6.45) is 0. The maximum absolute atomic E-state index is 12.0. The lowest BCUT2D eigenvalue weighted by molar-refractivity contribution is -0.143. The van der Waals surface area contributed by atoms with E-state index < -0.39 is 17.8 Å². The molecule has 0 radical (unpaired) electrons. The Hall–Kier alpha value is -3.55. The molecule has 0 saturated heterocycles. The van der Waals surface area contributed by atoms with Crippen molar-refractivity contribution in [1.82, 2.24) is 5.32 Å². The van der Waals surface area contributed by atoms with Crippen LogP contribution in [0.1, 0.15) is 20.7 Å². The van der Waals surface area contributed by atoms with Gasteiger partial charge in [-0.05, 0) is 30.3 Å². The molecule has 0 aliphatic carbocycles. The summed E-state index contributed by atoms with van der Waals surface area (Å²) < 4.78 is 20.3. The van der Waals surface area contributed by atoms with Crippen molar-refractivity contribution in [2.75, 3.05) is 26.6 Å². The molecule has 1 aliphatic rings. The van der Waals surface area contributed by atoms with Crippen molar-refractivity contribution in [3.63, 3.8) is 0 Å². The van der Waals surface area contributed by atoms with Gasteiger partial charge in [-0.15, -0.1) is 0 Å². The van der Waals surface area contributed by atoms with Gasteiger partial charge in [-0.25, -0.2) is 4.79 Å². The Balaban J connectivity index is 1.35.